The van der Waals surface area contributed by atoms with E-state index < -0.39 is 14.6 Å². The second kappa shape index (κ2) is 5.19. The molecule has 1 atom stereocenters. The highest BCUT2D eigenvalue weighted by molar-refractivity contribution is 7.92. The number of halogens is 1. The van der Waals surface area contributed by atoms with Crippen LogP contribution in [0.25, 0.3) is 0 Å². The van der Waals surface area contributed by atoms with Gasteiger partial charge in [0.15, 0.2) is 21.4 Å². The molecule has 1 saturated heterocycles. The second-order valence-corrected chi connectivity index (χ2v) is 8.98. The third-order valence-corrected chi connectivity index (χ3v) is 7.05. The van der Waals surface area contributed by atoms with E-state index in [9.17, 15) is 8.42 Å². The first-order valence-corrected chi connectivity index (χ1v) is 9.94. The Bertz CT molecular complexity index is 751. The van der Waals surface area contributed by atoms with Gasteiger partial charge in [-0.15, -0.1) is 0 Å². The molecule has 0 aromatic carbocycles. The predicted octanol–water partition coefficient (Wildman–Crippen LogP) is 1.15. The fraction of sp³-hybridized carbons (Fsp3) is 0.714. The van der Waals surface area contributed by atoms with E-state index in [-0.39, 0.29) is 11.3 Å². The molecular formula is C14H18ClN3O4S. The van der Waals surface area contributed by atoms with Gasteiger partial charge in [0.2, 0.25) is 5.28 Å². The fourth-order valence-electron chi connectivity index (χ4n) is 3.42. The minimum absolute atomic E-state index is 0.0596. The average molecular weight is 360 g/mol. The predicted molar refractivity (Wildman–Crippen MR) is 84.9 cm³/mol. The number of anilines is 1. The molecule has 7 nitrogen and oxygen atoms in total. The zero-order chi connectivity index (χ0) is 16.2. The maximum absolute atomic E-state index is 12.3. The first-order valence-electron chi connectivity index (χ1n) is 7.67. The third-order valence-electron chi connectivity index (χ3n) is 4.86. The number of ether oxygens (including phenoxy) is 2. The van der Waals surface area contributed by atoms with Crippen molar-refractivity contribution in [3.05, 3.63) is 11.0 Å². The van der Waals surface area contributed by atoms with Crippen molar-refractivity contribution >= 4 is 27.3 Å². The van der Waals surface area contributed by atoms with Crippen LogP contribution in [-0.4, -0.2) is 57.0 Å². The first kappa shape index (κ1) is 15.4. The molecule has 3 heterocycles. The number of sulfone groups is 1. The van der Waals surface area contributed by atoms with Crippen molar-refractivity contribution in [2.24, 2.45) is 0 Å². The molecule has 4 rings (SSSR count). The summed E-state index contributed by atoms with van der Waals surface area (Å²) < 4.78 is 35.0. The molecule has 2 fully saturated rings. The number of hydrogen-bond donors (Lipinski definition) is 0. The lowest BCUT2D eigenvalue weighted by Crippen LogP contribution is -2.45. The molecule has 23 heavy (non-hydrogen) atoms. The lowest BCUT2D eigenvalue weighted by atomic mass is 10.1. The van der Waals surface area contributed by atoms with Crippen LogP contribution >= 0.6 is 11.6 Å². The minimum Gasteiger partial charge on any atom is -0.488 e. The van der Waals surface area contributed by atoms with Crippen molar-refractivity contribution in [3.8, 4) is 5.75 Å². The van der Waals surface area contributed by atoms with E-state index in [0.29, 0.717) is 56.5 Å². The summed E-state index contributed by atoms with van der Waals surface area (Å²) in [7, 11) is -3.31. The smallest absolute Gasteiger partial charge is 0.224 e. The summed E-state index contributed by atoms with van der Waals surface area (Å²) in [4.78, 5) is 10.7. The van der Waals surface area contributed by atoms with E-state index >= 15 is 0 Å². The van der Waals surface area contributed by atoms with Crippen molar-refractivity contribution < 1.29 is 17.9 Å². The topological polar surface area (TPSA) is 81.6 Å². The Morgan fingerprint density at radius 3 is 2.78 bits per heavy atom. The normalized spacial score (nSPS) is 25.8. The lowest BCUT2D eigenvalue weighted by molar-refractivity contribution is 0.0894. The Balaban J connectivity index is 1.89. The van der Waals surface area contributed by atoms with Gasteiger partial charge in [-0.3, -0.25) is 0 Å². The molecule has 0 N–H and O–H groups in total. The largest absolute Gasteiger partial charge is 0.488 e. The zero-order valence-electron chi connectivity index (χ0n) is 12.8. The van der Waals surface area contributed by atoms with Gasteiger partial charge in [0.05, 0.1) is 25.9 Å². The van der Waals surface area contributed by atoms with Crippen LogP contribution in [0.15, 0.2) is 0 Å². The molecule has 3 aliphatic rings. The summed E-state index contributed by atoms with van der Waals surface area (Å²) in [6, 6.07) is 0.164. The SMILES string of the molecule is CS(=O)(=O)C1(c2nc(Cl)nc3c2OCCC2COCCN32)CC1. The summed E-state index contributed by atoms with van der Waals surface area (Å²) in [5.41, 5.74) is 0.419. The summed E-state index contributed by atoms with van der Waals surface area (Å²) in [5.74, 6) is 1.07. The molecule has 9 heteroatoms. The van der Waals surface area contributed by atoms with Crippen LogP contribution < -0.4 is 9.64 Å². The summed E-state index contributed by atoms with van der Waals surface area (Å²) in [6.07, 6.45) is 3.12. The van der Waals surface area contributed by atoms with Crippen LogP contribution in [0.4, 0.5) is 5.82 Å². The zero-order valence-corrected chi connectivity index (χ0v) is 14.4. The van der Waals surface area contributed by atoms with Gasteiger partial charge in [-0.25, -0.2) is 13.4 Å². The number of rotatable bonds is 2. The highest BCUT2D eigenvalue weighted by Crippen LogP contribution is 2.56. The molecule has 1 aliphatic carbocycles. The quantitative estimate of drug-likeness (QED) is 0.732. The Kier molecular flexibility index (Phi) is 3.48. The van der Waals surface area contributed by atoms with E-state index in [0.717, 1.165) is 6.42 Å². The Morgan fingerprint density at radius 2 is 2.09 bits per heavy atom. The van der Waals surface area contributed by atoms with Gasteiger partial charge in [0.25, 0.3) is 0 Å². The van der Waals surface area contributed by atoms with Crippen molar-refractivity contribution in [2.75, 3.05) is 37.5 Å². The lowest BCUT2D eigenvalue weighted by Gasteiger charge is -2.35. The molecule has 0 spiro atoms. The maximum atomic E-state index is 12.3. The van der Waals surface area contributed by atoms with Crippen LogP contribution in [0.5, 0.6) is 5.75 Å². The van der Waals surface area contributed by atoms with Crippen LogP contribution in [0.1, 0.15) is 25.0 Å². The molecule has 126 valence electrons. The van der Waals surface area contributed by atoms with Crippen LogP contribution in [0, 0.1) is 0 Å². The van der Waals surface area contributed by atoms with Crippen LogP contribution in [-0.2, 0) is 19.3 Å². The van der Waals surface area contributed by atoms with Crippen molar-refractivity contribution in [2.45, 2.75) is 30.1 Å². The highest BCUT2D eigenvalue weighted by atomic mass is 35.5. The van der Waals surface area contributed by atoms with Gasteiger partial charge >= 0.3 is 0 Å². The van der Waals surface area contributed by atoms with Gasteiger partial charge in [-0.2, -0.15) is 4.98 Å². The van der Waals surface area contributed by atoms with Gasteiger partial charge in [-0.1, -0.05) is 0 Å². The van der Waals surface area contributed by atoms with Gasteiger partial charge < -0.3 is 14.4 Å². The Labute approximate surface area is 139 Å². The highest BCUT2D eigenvalue weighted by Gasteiger charge is 2.57. The Hall–Kier alpha value is -1.12. The molecule has 1 aromatic rings. The third kappa shape index (κ3) is 2.38. The monoisotopic (exact) mass is 359 g/mol. The molecule has 0 amide bonds. The van der Waals surface area contributed by atoms with Crippen LogP contribution in [0.3, 0.4) is 0 Å². The maximum Gasteiger partial charge on any atom is 0.224 e. The van der Waals surface area contributed by atoms with Gasteiger partial charge in [-0.05, 0) is 24.4 Å². The molecule has 1 saturated carbocycles. The number of aromatic nitrogens is 2. The number of fused-ring (bicyclic) bond motifs is 3. The van der Waals surface area contributed by atoms with E-state index in [1.54, 1.807) is 0 Å². The standard InChI is InChI=1S/C14H18ClN3O4S/c1-23(19,20)14(3-4-14)11-10-12(17-13(15)16-11)18-5-7-21-8-9(18)2-6-22-10/h9H,2-8H2,1H3. The van der Waals surface area contributed by atoms with E-state index in [1.165, 1.54) is 6.26 Å². The number of morpholine rings is 1. The first-order chi connectivity index (χ1) is 10.9. The molecule has 1 aromatic heterocycles. The van der Waals surface area contributed by atoms with Crippen molar-refractivity contribution in [1.82, 2.24) is 9.97 Å². The van der Waals surface area contributed by atoms with E-state index in [1.807, 2.05) is 0 Å². The summed E-state index contributed by atoms with van der Waals surface area (Å²) >= 11 is 6.12. The molecule has 2 aliphatic heterocycles. The second-order valence-electron chi connectivity index (χ2n) is 6.32. The molecule has 0 radical (unpaired) electrons. The fourth-order valence-corrected chi connectivity index (χ4v) is 4.91. The van der Waals surface area contributed by atoms with Crippen molar-refractivity contribution in [3.63, 3.8) is 0 Å². The molecule has 1 unspecified atom stereocenters. The minimum atomic E-state index is -3.31. The number of hydrogen-bond acceptors (Lipinski definition) is 7. The van der Waals surface area contributed by atoms with E-state index in [4.69, 9.17) is 21.1 Å². The molecular weight excluding hydrogens is 342 g/mol. The summed E-state index contributed by atoms with van der Waals surface area (Å²) in [6.45, 7) is 2.37. The van der Waals surface area contributed by atoms with Gasteiger partial charge in [0, 0.05) is 19.2 Å². The molecule has 0 bridgehead atoms. The van der Waals surface area contributed by atoms with Crippen LogP contribution in [0.2, 0.25) is 5.28 Å². The summed E-state index contributed by atoms with van der Waals surface area (Å²) in [5, 5.41) is 0.0596. The van der Waals surface area contributed by atoms with E-state index in [2.05, 4.69) is 14.9 Å². The van der Waals surface area contributed by atoms with Gasteiger partial charge in [0.1, 0.15) is 10.4 Å². The number of nitrogens with zero attached hydrogens (tertiary/aromatic N) is 3. The Morgan fingerprint density at radius 1 is 1.30 bits per heavy atom. The average Bonchev–Trinajstić information content (AvgIpc) is 3.30. The van der Waals surface area contributed by atoms with Crippen molar-refractivity contribution in [1.29, 1.82) is 0 Å².